The first-order valence-electron chi connectivity index (χ1n) is 7.03. The molecule has 1 aromatic heterocycles. The monoisotopic (exact) mass is 297 g/mol. The second-order valence-electron chi connectivity index (χ2n) is 5.16. The third kappa shape index (κ3) is 2.89. The predicted octanol–water partition coefficient (Wildman–Crippen LogP) is 3.22. The molecule has 22 heavy (non-hydrogen) atoms. The van der Waals surface area contributed by atoms with Crippen molar-refractivity contribution in [3.05, 3.63) is 65.7 Å². The van der Waals surface area contributed by atoms with Crippen molar-refractivity contribution < 1.29 is 9.50 Å². The minimum absolute atomic E-state index is 0.168. The standard InChI is InChI=1S/C17H16FN3O/c1-11-6-7-15-13(8-11)17(21-10-20-15)19-9-16(22)12-4-2-3-5-14(12)18/h2-8,10,16,22H,9H2,1H3,(H,19,20,21). The normalized spacial score (nSPS) is 12.3. The number of anilines is 1. The van der Waals surface area contributed by atoms with Crippen molar-refractivity contribution in [1.29, 1.82) is 0 Å². The van der Waals surface area contributed by atoms with Crippen molar-refractivity contribution in [2.45, 2.75) is 13.0 Å². The van der Waals surface area contributed by atoms with Crippen molar-refractivity contribution in [3.63, 3.8) is 0 Å². The van der Waals surface area contributed by atoms with Gasteiger partial charge in [-0.05, 0) is 25.1 Å². The van der Waals surface area contributed by atoms with Gasteiger partial charge in [0.25, 0.3) is 0 Å². The van der Waals surface area contributed by atoms with Crippen LogP contribution in [0.5, 0.6) is 0 Å². The van der Waals surface area contributed by atoms with Crippen molar-refractivity contribution >= 4 is 16.7 Å². The van der Waals surface area contributed by atoms with Gasteiger partial charge in [-0.1, -0.05) is 29.8 Å². The summed E-state index contributed by atoms with van der Waals surface area (Å²) in [5, 5.41) is 14.1. The lowest BCUT2D eigenvalue weighted by atomic mass is 10.1. The number of aromatic nitrogens is 2. The van der Waals surface area contributed by atoms with Gasteiger partial charge in [-0.25, -0.2) is 14.4 Å². The lowest BCUT2D eigenvalue weighted by Crippen LogP contribution is -2.14. The number of aliphatic hydroxyl groups is 1. The van der Waals surface area contributed by atoms with E-state index < -0.39 is 11.9 Å². The summed E-state index contributed by atoms with van der Waals surface area (Å²) in [6.07, 6.45) is 0.520. The van der Waals surface area contributed by atoms with Crippen molar-refractivity contribution in [2.24, 2.45) is 0 Å². The van der Waals surface area contributed by atoms with Crippen LogP contribution in [0.3, 0.4) is 0 Å². The molecule has 0 saturated heterocycles. The lowest BCUT2D eigenvalue weighted by molar-refractivity contribution is 0.186. The van der Waals surface area contributed by atoms with Gasteiger partial charge in [-0.15, -0.1) is 0 Å². The Balaban J connectivity index is 1.82. The van der Waals surface area contributed by atoms with Crippen LogP contribution in [0.4, 0.5) is 10.2 Å². The number of halogens is 1. The number of rotatable bonds is 4. The van der Waals surface area contributed by atoms with Crippen LogP contribution >= 0.6 is 0 Å². The highest BCUT2D eigenvalue weighted by atomic mass is 19.1. The summed E-state index contributed by atoms with van der Waals surface area (Å²) in [6, 6.07) is 12.1. The average molecular weight is 297 g/mol. The number of benzene rings is 2. The van der Waals surface area contributed by atoms with Gasteiger partial charge in [0.15, 0.2) is 0 Å². The molecule has 0 fully saturated rings. The van der Waals surface area contributed by atoms with E-state index in [1.807, 2.05) is 25.1 Å². The van der Waals surface area contributed by atoms with E-state index >= 15 is 0 Å². The second-order valence-corrected chi connectivity index (χ2v) is 5.16. The van der Waals surface area contributed by atoms with E-state index in [0.717, 1.165) is 16.5 Å². The first-order chi connectivity index (χ1) is 10.6. The molecule has 0 aliphatic heterocycles. The summed E-state index contributed by atoms with van der Waals surface area (Å²) in [4.78, 5) is 8.42. The molecule has 2 aromatic carbocycles. The Kier molecular flexibility index (Phi) is 3.98. The highest BCUT2D eigenvalue weighted by molar-refractivity contribution is 5.89. The Labute approximate surface area is 127 Å². The summed E-state index contributed by atoms with van der Waals surface area (Å²) >= 11 is 0. The fourth-order valence-corrected chi connectivity index (χ4v) is 2.36. The van der Waals surface area contributed by atoms with Crippen molar-refractivity contribution in [3.8, 4) is 0 Å². The maximum Gasteiger partial charge on any atom is 0.137 e. The van der Waals surface area contributed by atoms with Crippen LogP contribution in [-0.2, 0) is 0 Å². The maximum atomic E-state index is 13.7. The molecule has 3 rings (SSSR count). The van der Waals surface area contributed by atoms with Crippen molar-refractivity contribution in [1.82, 2.24) is 9.97 Å². The van der Waals surface area contributed by atoms with Gasteiger partial charge in [0.1, 0.15) is 18.0 Å². The first-order valence-corrected chi connectivity index (χ1v) is 7.03. The largest absolute Gasteiger partial charge is 0.386 e. The highest BCUT2D eigenvalue weighted by Gasteiger charge is 2.13. The number of nitrogens with one attached hydrogen (secondary N) is 1. The molecule has 2 N–H and O–H groups in total. The number of nitrogens with zero attached hydrogens (tertiary/aromatic N) is 2. The second kappa shape index (κ2) is 6.07. The highest BCUT2D eigenvalue weighted by Crippen LogP contribution is 2.22. The van der Waals surface area contributed by atoms with Crippen LogP contribution in [-0.4, -0.2) is 21.6 Å². The van der Waals surface area contributed by atoms with E-state index in [1.54, 1.807) is 18.2 Å². The van der Waals surface area contributed by atoms with Crippen molar-refractivity contribution in [2.75, 3.05) is 11.9 Å². The molecule has 1 heterocycles. The van der Waals surface area contributed by atoms with Gasteiger partial charge in [0.2, 0.25) is 0 Å². The van der Waals surface area contributed by atoms with E-state index in [9.17, 15) is 9.50 Å². The number of fused-ring (bicyclic) bond motifs is 1. The summed E-state index contributed by atoms with van der Waals surface area (Å²) in [6.45, 7) is 2.16. The molecule has 3 aromatic rings. The molecule has 0 spiro atoms. The summed E-state index contributed by atoms with van der Waals surface area (Å²) in [5.41, 5.74) is 2.19. The fraction of sp³-hybridized carbons (Fsp3) is 0.176. The number of hydrogen-bond donors (Lipinski definition) is 2. The van der Waals surface area contributed by atoms with Gasteiger partial charge in [0, 0.05) is 17.5 Å². The van der Waals surface area contributed by atoms with Crippen LogP contribution in [0.2, 0.25) is 0 Å². The van der Waals surface area contributed by atoms with Crippen LogP contribution in [0.1, 0.15) is 17.2 Å². The summed E-state index contributed by atoms with van der Waals surface area (Å²) in [5.74, 6) is 0.212. The molecule has 0 radical (unpaired) electrons. The molecule has 5 heteroatoms. The van der Waals surface area contributed by atoms with E-state index in [-0.39, 0.29) is 12.1 Å². The van der Waals surface area contributed by atoms with Crippen LogP contribution < -0.4 is 5.32 Å². The third-order valence-corrected chi connectivity index (χ3v) is 3.52. The van der Waals surface area contributed by atoms with E-state index in [0.29, 0.717) is 5.82 Å². The topological polar surface area (TPSA) is 58.0 Å². The number of aryl methyl sites for hydroxylation is 1. The molecule has 112 valence electrons. The quantitative estimate of drug-likeness (QED) is 0.776. The van der Waals surface area contributed by atoms with Gasteiger partial charge in [-0.3, -0.25) is 0 Å². The molecule has 0 aliphatic rings. The Morgan fingerprint density at radius 3 is 2.82 bits per heavy atom. The van der Waals surface area contributed by atoms with E-state index in [4.69, 9.17) is 0 Å². The number of hydrogen-bond acceptors (Lipinski definition) is 4. The molecule has 0 saturated carbocycles. The maximum absolute atomic E-state index is 13.7. The van der Waals surface area contributed by atoms with Gasteiger partial charge in [-0.2, -0.15) is 0 Å². The molecular formula is C17H16FN3O. The minimum Gasteiger partial charge on any atom is -0.386 e. The van der Waals surface area contributed by atoms with Gasteiger partial charge >= 0.3 is 0 Å². The molecule has 1 atom stereocenters. The first kappa shape index (κ1) is 14.4. The summed E-state index contributed by atoms with van der Waals surface area (Å²) in [7, 11) is 0. The lowest BCUT2D eigenvalue weighted by Gasteiger charge is -2.14. The smallest absolute Gasteiger partial charge is 0.137 e. The Bertz CT molecular complexity index is 807. The van der Waals surface area contributed by atoms with Crippen LogP contribution in [0.25, 0.3) is 10.9 Å². The third-order valence-electron chi connectivity index (χ3n) is 3.52. The van der Waals surface area contributed by atoms with E-state index in [1.165, 1.54) is 12.4 Å². The van der Waals surface area contributed by atoms with Crippen LogP contribution in [0.15, 0.2) is 48.8 Å². The average Bonchev–Trinajstić information content (AvgIpc) is 2.53. The molecule has 0 bridgehead atoms. The zero-order valence-electron chi connectivity index (χ0n) is 12.1. The Morgan fingerprint density at radius 1 is 1.18 bits per heavy atom. The van der Waals surface area contributed by atoms with Gasteiger partial charge < -0.3 is 10.4 Å². The molecule has 1 unspecified atom stereocenters. The summed E-state index contributed by atoms with van der Waals surface area (Å²) < 4.78 is 13.7. The minimum atomic E-state index is -0.948. The molecular weight excluding hydrogens is 281 g/mol. The fourth-order valence-electron chi connectivity index (χ4n) is 2.36. The Morgan fingerprint density at radius 2 is 2.00 bits per heavy atom. The zero-order valence-corrected chi connectivity index (χ0v) is 12.1. The molecule has 0 aliphatic carbocycles. The SMILES string of the molecule is Cc1ccc2ncnc(NCC(O)c3ccccc3F)c2c1. The molecule has 4 nitrogen and oxygen atoms in total. The number of aliphatic hydroxyl groups excluding tert-OH is 1. The van der Waals surface area contributed by atoms with Gasteiger partial charge in [0.05, 0.1) is 11.6 Å². The van der Waals surface area contributed by atoms with E-state index in [2.05, 4.69) is 15.3 Å². The Hall–Kier alpha value is -2.53. The van der Waals surface area contributed by atoms with Crippen LogP contribution in [0, 0.1) is 12.7 Å². The molecule has 0 amide bonds. The zero-order chi connectivity index (χ0) is 15.5. The predicted molar refractivity (Wildman–Crippen MR) is 84.1 cm³/mol.